The smallest absolute Gasteiger partial charge is 0.323 e. The Bertz CT molecular complexity index is 207. The molecule has 0 rings (SSSR count). The molecule has 1 amide bonds. The molecule has 0 saturated heterocycles. The van der Waals surface area contributed by atoms with E-state index in [2.05, 4.69) is 5.32 Å². The molecule has 0 aliphatic rings. The Morgan fingerprint density at radius 3 is 2.53 bits per heavy atom. The molecule has 0 heterocycles. The van der Waals surface area contributed by atoms with E-state index in [4.69, 9.17) is 10.5 Å². The molecule has 0 spiro atoms. The number of primary amides is 1. The molecule has 0 radical (unpaired) electrons. The largest absolute Gasteiger partial charge is 0.465 e. The Morgan fingerprint density at radius 1 is 1.40 bits per heavy atom. The zero-order valence-electron chi connectivity index (χ0n) is 9.41. The van der Waals surface area contributed by atoms with Gasteiger partial charge in [0, 0.05) is 6.42 Å². The van der Waals surface area contributed by atoms with Gasteiger partial charge in [-0.25, -0.2) is 0 Å². The second-order valence-electron chi connectivity index (χ2n) is 3.24. The van der Waals surface area contributed by atoms with E-state index in [1.807, 2.05) is 6.92 Å². The van der Waals surface area contributed by atoms with Crippen LogP contribution in [0.25, 0.3) is 0 Å². The molecule has 0 fully saturated rings. The Kier molecular flexibility index (Phi) is 7.62. The van der Waals surface area contributed by atoms with Crippen molar-refractivity contribution >= 4 is 11.9 Å². The summed E-state index contributed by atoms with van der Waals surface area (Å²) in [6, 6.07) is -0.280. The zero-order chi connectivity index (χ0) is 11.7. The minimum Gasteiger partial charge on any atom is -0.465 e. The summed E-state index contributed by atoms with van der Waals surface area (Å²) in [7, 11) is 0. The number of carbonyl (C=O) groups excluding carboxylic acids is 2. The normalized spacial score (nSPS) is 12.1. The molecule has 0 aromatic carbocycles. The number of ether oxygens (including phenoxy) is 1. The van der Waals surface area contributed by atoms with Crippen molar-refractivity contribution in [2.75, 3.05) is 13.2 Å². The molecule has 15 heavy (non-hydrogen) atoms. The van der Waals surface area contributed by atoms with E-state index in [0.29, 0.717) is 32.4 Å². The number of amides is 1. The van der Waals surface area contributed by atoms with Crippen molar-refractivity contribution in [3.05, 3.63) is 0 Å². The van der Waals surface area contributed by atoms with Gasteiger partial charge in [0.1, 0.15) is 6.04 Å². The summed E-state index contributed by atoms with van der Waals surface area (Å²) >= 11 is 0. The maximum Gasteiger partial charge on any atom is 0.323 e. The molecular formula is C10H20N2O3. The predicted octanol–water partition coefficient (Wildman–Crippen LogP) is 0.183. The second-order valence-corrected chi connectivity index (χ2v) is 3.24. The monoisotopic (exact) mass is 216 g/mol. The lowest BCUT2D eigenvalue weighted by molar-refractivity contribution is -0.145. The Morgan fingerprint density at radius 2 is 2.07 bits per heavy atom. The van der Waals surface area contributed by atoms with Gasteiger partial charge in [-0.05, 0) is 26.3 Å². The summed E-state index contributed by atoms with van der Waals surface area (Å²) < 4.78 is 4.88. The van der Waals surface area contributed by atoms with Gasteiger partial charge in [-0.1, -0.05) is 6.92 Å². The quantitative estimate of drug-likeness (QED) is 0.448. The zero-order valence-corrected chi connectivity index (χ0v) is 9.41. The fraction of sp³-hybridized carbons (Fsp3) is 0.800. The SMILES string of the molecule is CCOC(=O)C(CC)NCCCC(N)=O. The summed E-state index contributed by atoms with van der Waals surface area (Å²) in [5.41, 5.74) is 4.99. The van der Waals surface area contributed by atoms with Crippen molar-refractivity contribution in [3.8, 4) is 0 Å². The van der Waals surface area contributed by atoms with E-state index in [-0.39, 0.29) is 17.9 Å². The minimum absolute atomic E-state index is 0.237. The van der Waals surface area contributed by atoms with E-state index in [9.17, 15) is 9.59 Å². The van der Waals surface area contributed by atoms with Gasteiger partial charge in [-0.2, -0.15) is 0 Å². The van der Waals surface area contributed by atoms with Crippen LogP contribution in [0, 0.1) is 0 Å². The third-order valence-corrected chi connectivity index (χ3v) is 1.97. The number of nitrogens with two attached hydrogens (primary N) is 1. The maximum atomic E-state index is 11.3. The molecule has 0 aliphatic heterocycles. The lowest BCUT2D eigenvalue weighted by Crippen LogP contribution is -2.38. The first-order valence-electron chi connectivity index (χ1n) is 5.30. The summed E-state index contributed by atoms with van der Waals surface area (Å²) in [6.07, 6.45) is 1.66. The van der Waals surface area contributed by atoms with Gasteiger partial charge >= 0.3 is 5.97 Å². The lowest BCUT2D eigenvalue weighted by atomic mass is 10.2. The van der Waals surface area contributed by atoms with Crippen LogP contribution in [-0.2, 0) is 14.3 Å². The van der Waals surface area contributed by atoms with E-state index in [1.165, 1.54) is 0 Å². The standard InChI is InChI=1S/C10H20N2O3/c1-3-8(10(14)15-4-2)12-7-5-6-9(11)13/h8,12H,3-7H2,1-2H3,(H2,11,13). The van der Waals surface area contributed by atoms with Crippen LogP contribution in [0.1, 0.15) is 33.1 Å². The van der Waals surface area contributed by atoms with Gasteiger partial charge in [-0.3, -0.25) is 9.59 Å². The number of hydrogen-bond acceptors (Lipinski definition) is 4. The fourth-order valence-corrected chi connectivity index (χ4v) is 1.18. The van der Waals surface area contributed by atoms with Gasteiger partial charge in [0.05, 0.1) is 6.61 Å². The lowest BCUT2D eigenvalue weighted by Gasteiger charge is -2.14. The van der Waals surface area contributed by atoms with Gasteiger partial charge in [0.25, 0.3) is 0 Å². The Labute approximate surface area is 90.4 Å². The number of hydrogen-bond donors (Lipinski definition) is 2. The molecule has 5 nitrogen and oxygen atoms in total. The fourth-order valence-electron chi connectivity index (χ4n) is 1.18. The van der Waals surface area contributed by atoms with Gasteiger partial charge in [0.2, 0.25) is 5.91 Å². The molecule has 88 valence electrons. The third kappa shape index (κ3) is 6.90. The highest BCUT2D eigenvalue weighted by Crippen LogP contribution is 1.96. The molecule has 1 atom stereocenters. The van der Waals surface area contributed by atoms with Gasteiger partial charge in [0.15, 0.2) is 0 Å². The molecule has 0 saturated carbocycles. The number of esters is 1. The van der Waals surface area contributed by atoms with Crippen molar-refractivity contribution in [2.45, 2.75) is 39.2 Å². The molecule has 0 aromatic heterocycles. The number of carbonyl (C=O) groups is 2. The maximum absolute atomic E-state index is 11.3. The average Bonchev–Trinajstić information content (AvgIpc) is 2.17. The van der Waals surface area contributed by atoms with Crippen molar-refractivity contribution in [3.63, 3.8) is 0 Å². The summed E-state index contributed by atoms with van der Waals surface area (Å²) in [5, 5.41) is 3.03. The van der Waals surface area contributed by atoms with Gasteiger partial charge < -0.3 is 15.8 Å². The topological polar surface area (TPSA) is 81.4 Å². The average molecular weight is 216 g/mol. The first-order chi connectivity index (χ1) is 7.11. The second kappa shape index (κ2) is 8.23. The van der Waals surface area contributed by atoms with Crippen molar-refractivity contribution in [1.82, 2.24) is 5.32 Å². The van der Waals surface area contributed by atoms with Crippen LogP contribution in [-0.4, -0.2) is 31.1 Å². The summed E-state index contributed by atoms with van der Waals surface area (Å²) in [5.74, 6) is -0.556. The molecule has 0 bridgehead atoms. The van der Waals surface area contributed by atoms with Crippen LogP contribution in [0.2, 0.25) is 0 Å². The molecule has 3 N–H and O–H groups in total. The van der Waals surface area contributed by atoms with Crippen LogP contribution < -0.4 is 11.1 Å². The molecular weight excluding hydrogens is 196 g/mol. The van der Waals surface area contributed by atoms with Crippen LogP contribution in [0.4, 0.5) is 0 Å². The molecule has 5 heteroatoms. The van der Waals surface area contributed by atoms with Crippen molar-refractivity contribution < 1.29 is 14.3 Å². The van der Waals surface area contributed by atoms with Crippen LogP contribution >= 0.6 is 0 Å². The summed E-state index contributed by atoms with van der Waals surface area (Å²) in [6.45, 7) is 4.67. The predicted molar refractivity (Wildman–Crippen MR) is 57.1 cm³/mol. The summed E-state index contributed by atoms with van der Waals surface area (Å²) in [4.78, 5) is 21.8. The highest BCUT2D eigenvalue weighted by Gasteiger charge is 2.15. The highest BCUT2D eigenvalue weighted by atomic mass is 16.5. The van der Waals surface area contributed by atoms with Gasteiger partial charge in [-0.15, -0.1) is 0 Å². The van der Waals surface area contributed by atoms with E-state index >= 15 is 0 Å². The van der Waals surface area contributed by atoms with Crippen molar-refractivity contribution in [1.29, 1.82) is 0 Å². The van der Waals surface area contributed by atoms with Crippen molar-refractivity contribution in [2.24, 2.45) is 5.73 Å². The van der Waals surface area contributed by atoms with Crippen LogP contribution in [0.5, 0.6) is 0 Å². The Hall–Kier alpha value is -1.10. The first-order valence-corrected chi connectivity index (χ1v) is 5.30. The molecule has 0 aliphatic carbocycles. The van der Waals surface area contributed by atoms with Crippen LogP contribution in [0.3, 0.4) is 0 Å². The van der Waals surface area contributed by atoms with E-state index in [0.717, 1.165) is 0 Å². The highest BCUT2D eigenvalue weighted by molar-refractivity contribution is 5.75. The van der Waals surface area contributed by atoms with E-state index < -0.39 is 0 Å². The van der Waals surface area contributed by atoms with E-state index in [1.54, 1.807) is 6.92 Å². The number of rotatable bonds is 8. The minimum atomic E-state index is -0.319. The first kappa shape index (κ1) is 13.9. The third-order valence-electron chi connectivity index (χ3n) is 1.97. The Balaban J connectivity index is 3.70. The molecule has 0 aromatic rings. The number of nitrogens with one attached hydrogen (secondary N) is 1. The molecule has 1 unspecified atom stereocenters. The van der Waals surface area contributed by atoms with Crippen LogP contribution in [0.15, 0.2) is 0 Å².